The highest BCUT2D eigenvalue weighted by molar-refractivity contribution is 9.10. The van der Waals surface area contributed by atoms with Gasteiger partial charge in [-0.15, -0.1) is 0 Å². The van der Waals surface area contributed by atoms with Gasteiger partial charge in [-0.05, 0) is 73.7 Å². The van der Waals surface area contributed by atoms with E-state index in [1.165, 1.54) is 29.8 Å². The highest BCUT2D eigenvalue weighted by Crippen LogP contribution is 2.53. The molecule has 2 aromatic carbocycles. The summed E-state index contributed by atoms with van der Waals surface area (Å²) in [4.78, 5) is 0.167. The van der Waals surface area contributed by atoms with E-state index >= 15 is 0 Å². The average Bonchev–Trinajstić information content (AvgIpc) is 3.03. The average molecular weight is 472 g/mol. The van der Waals surface area contributed by atoms with Crippen LogP contribution < -0.4 is 10.0 Å². The highest BCUT2D eigenvalue weighted by atomic mass is 79.9. The van der Waals surface area contributed by atoms with Crippen LogP contribution in [0, 0.1) is 11.3 Å². The fourth-order valence-corrected chi connectivity index (χ4v) is 6.06. The molecule has 7 heteroatoms. The number of hydrogen-bond acceptors (Lipinski definition) is 4. The largest absolute Gasteiger partial charge is 0.381 e. The van der Waals surface area contributed by atoms with E-state index in [1.807, 2.05) is 12.1 Å². The van der Waals surface area contributed by atoms with Crippen molar-refractivity contribution < 1.29 is 8.42 Å². The van der Waals surface area contributed by atoms with Crippen molar-refractivity contribution in [3.63, 3.8) is 0 Å². The van der Waals surface area contributed by atoms with Gasteiger partial charge in [0.15, 0.2) is 0 Å². The molecular formula is C22H22BrN3O2S. The third-order valence-electron chi connectivity index (χ3n) is 6.09. The van der Waals surface area contributed by atoms with Crippen LogP contribution in [-0.4, -0.2) is 21.0 Å². The van der Waals surface area contributed by atoms with E-state index in [9.17, 15) is 8.42 Å². The molecule has 0 spiro atoms. The smallest absolute Gasteiger partial charge is 0.240 e. The maximum absolute atomic E-state index is 12.7. The van der Waals surface area contributed by atoms with Crippen molar-refractivity contribution in [2.75, 3.05) is 11.9 Å². The SMILES string of the molecule is C=C1CCCC2Nc3ccc(Br)cc3C12CCNS(=O)(=O)c1ccc(C#N)cc1. The second-order valence-electron chi connectivity index (χ2n) is 7.64. The number of fused-ring (bicyclic) bond motifs is 3. The molecule has 0 bridgehead atoms. The maximum Gasteiger partial charge on any atom is 0.240 e. The minimum absolute atomic E-state index is 0.167. The Morgan fingerprint density at radius 2 is 2.03 bits per heavy atom. The van der Waals surface area contributed by atoms with Gasteiger partial charge in [-0.3, -0.25) is 0 Å². The Morgan fingerprint density at radius 3 is 2.76 bits per heavy atom. The second kappa shape index (κ2) is 7.60. The third-order valence-corrected chi connectivity index (χ3v) is 8.06. The molecule has 150 valence electrons. The maximum atomic E-state index is 12.7. The van der Waals surface area contributed by atoms with Crippen LogP contribution in [0.5, 0.6) is 0 Å². The lowest BCUT2D eigenvalue weighted by Crippen LogP contribution is -2.45. The minimum atomic E-state index is -3.64. The van der Waals surface area contributed by atoms with Gasteiger partial charge in [-0.25, -0.2) is 13.1 Å². The van der Waals surface area contributed by atoms with E-state index in [0.29, 0.717) is 18.5 Å². The standard InChI is InChI=1S/C22H22BrN3O2S/c1-15-3-2-4-21-22(15,19-13-17(23)7-10-20(19)26-21)11-12-25-29(27,28)18-8-5-16(14-24)6-9-18/h5-10,13,21,25-26H,1-4,11-12H2. The normalized spacial score (nSPS) is 23.0. The Bertz CT molecular complexity index is 1110. The molecule has 29 heavy (non-hydrogen) atoms. The van der Waals surface area contributed by atoms with Gasteiger partial charge < -0.3 is 5.32 Å². The summed E-state index contributed by atoms with van der Waals surface area (Å²) in [5, 5.41) is 12.5. The summed E-state index contributed by atoms with van der Waals surface area (Å²) >= 11 is 3.58. The number of hydrogen-bond donors (Lipinski definition) is 2. The van der Waals surface area contributed by atoms with Crippen molar-refractivity contribution >= 4 is 31.6 Å². The molecule has 1 aliphatic carbocycles. The quantitative estimate of drug-likeness (QED) is 0.630. The summed E-state index contributed by atoms with van der Waals surface area (Å²) < 4.78 is 29.2. The van der Waals surface area contributed by atoms with Gasteiger partial charge in [-0.2, -0.15) is 5.26 Å². The van der Waals surface area contributed by atoms with Crippen molar-refractivity contribution in [1.82, 2.24) is 4.72 Å². The zero-order valence-corrected chi connectivity index (χ0v) is 18.3. The molecule has 2 aromatic rings. The van der Waals surface area contributed by atoms with Crippen LogP contribution in [0.3, 0.4) is 0 Å². The number of benzene rings is 2. The molecule has 1 saturated carbocycles. The fraction of sp³-hybridized carbons (Fsp3) is 0.318. The number of anilines is 1. The summed E-state index contributed by atoms with van der Waals surface area (Å²) in [6.45, 7) is 4.70. The lowest BCUT2D eigenvalue weighted by molar-refractivity contribution is 0.344. The molecule has 2 N–H and O–H groups in total. The molecule has 0 saturated heterocycles. The van der Waals surface area contributed by atoms with Crippen molar-refractivity contribution in [2.45, 2.75) is 42.0 Å². The zero-order chi connectivity index (χ0) is 20.6. The van der Waals surface area contributed by atoms with Crippen LogP contribution in [0.15, 0.2) is 64.0 Å². The third kappa shape index (κ3) is 3.50. The molecule has 5 nitrogen and oxygen atoms in total. The van der Waals surface area contributed by atoms with Crippen molar-refractivity contribution in [3.05, 3.63) is 70.2 Å². The molecule has 0 radical (unpaired) electrons. The van der Waals surface area contributed by atoms with Gasteiger partial charge in [0.2, 0.25) is 10.0 Å². The molecule has 4 rings (SSSR count). The zero-order valence-electron chi connectivity index (χ0n) is 15.9. The second-order valence-corrected chi connectivity index (χ2v) is 10.3. The predicted molar refractivity (Wildman–Crippen MR) is 117 cm³/mol. The number of nitrogens with zero attached hydrogens (tertiary/aromatic N) is 1. The summed E-state index contributed by atoms with van der Waals surface area (Å²) in [5.74, 6) is 0. The summed E-state index contributed by atoms with van der Waals surface area (Å²) in [6.07, 6.45) is 3.72. The van der Waals surface area contributed by atoms with Crippen LogP contribution in [-0.2, 0) is 15.4 Å². The van der Waals surface area contributed by atoms with Crippen LogP contribution >= 0.6 is 15.9 Å². The molecule has 2 atom stereocenters. The molecule has 1 heterocycles. The van der Waals surface area contributed by atoms with Gasteiger partial charge in [0, 0.05) is 28.2 Å². The Hall–Kier alpha value is -2.14. The van der Waals surface area contributed by atoms with Gasteiger partial charge in [0.1, 0.15) is 0 Å². The van der Waals surface area contributed by atoms with Crippen molar-refractivity contribution in [2.24, 2.45) is 0 Å². The molecule has 1 fully saturated rings. The molecule has 2 unspecified atom stereocenters. The van der Waals surface area contributed by atoms with Crippen molar-refractivity contribution in [3.8, 4) is 6.07 Å². The van der Waals surface area contributed by atoms with Gasteiger partial charge in [0.25, 0.3) is 0 Å². The molecular weight excluding hydrogens is 450 g/mol. The number of sulfonamides is 1. The van der Waals surface area contributed by atoms with Crippen LogP contribution in [0.25, 0.3) is 0 Å². The summed E-state index contributed by atoms with van der Waals surface area (Å²) in [5.41, 5.74) is 3.62. The monoisotopic (exact) mass is 471 g/mol. The molecule has 0 amide bonds. The predicted octanol–water partition coefficient (Wildman–Crippen LogP) is 4.46. The van der Waals surface area contributed by atoms with Crippen LogP contribution in [0.2, 0.25) is 0 Å². The van der Waals surface area contributed by atoms with Crippen LogP contribution in [0.4, 0.5) is 5.69 Å². The Balaban J connectivity index is 1.58. The van der Waals surface area contributed by atoms with E-state index in [1.54, 1.807) is 0 Å². The Labute approximate surface area is 180 Å². The number of nitrogens with one attached hydrogen (secondary N) is 2. The topological polar surface area (TPSA) is 82.0 Å². The van der Waals surface area contributed by atoms with E-state index in [0.717, 1.165) is 35.0 Å². The highest BCUT2D eigenvalue weighted by Gasteiger charge is 2.49. The van der Waals surface area contributed by atoms with Gasteiger partial charge >= 0.3 is 0 Å². The van der Waals surface area contributed by atoms with E-state index in [-0.39, 0.29) is 16.4 Å². The number of rotatable bonds is 5. The minimum Gasteiger partial charge on any atom is -0.381 e. The lowest BCUT2D eigenvalue weighted by atomic mass is 9.63. The molecule has 0 aromatic heterocycles. The summed E-state index contributed by atoms with van der Waals surface area (Å²) in [7, 11) is -3.64. The number of nitriles is 1. The first kappa shape index (κ1) is 20.1. The van der Waals surface area contributed by atoms with Crippen molar-refractivity contribution in [1.29, 1.82) is 5.26 Å². The van der Waals surface area contributed by atoms with Gasteiger partial charge in [-0.1, -0.05) is 28.1 Å². The Morgan fingerprint density at radius 1 is 1.28 bits per heavy atom. The van der Waals surface area contributed by atoms with E-state index in [2.05, 4.69) is 44.7 Å². The molecule has 2 aliphatic rings. The van der Waals surface area contributed by atoms with E-state index in [4.69, 9.17) is 5.26 Å². The first-order valence-corrected chi connectivity index (χ1v) is 11.9. The summed E-state index contributed by atoms with van der Waals surface area (Å²) in [6, 6.07) is 14.4. The lowest BCUT2D eigenvalue weighted by Gasteiger charge is -2.42. The van der Waals surface area contributed by atoms with Crippen LogP contribution in [0.1, 0.15) is 36.8 Å². The number of halogens is 1. The van der Waals surface area contributed by atoms with Gasteiger partial charge in [0.05, 0.1) is 16.5 Å². The van der Waals surface area contributed by atoms with E-state index < -0.39 is 10.0 Å². The first-order chi connectivity index (χ1) is 13.9. The molecule has 1 aliphatic heterocycles. The first-order valence-electron chi connectivity index (χ1n) is 9.61. The fourth-order valence-electron chi connectivity index (χ4n) is 4.67. The Kier molecular flexibility index (Phi) is 5.28.